The van der Waals surface area contributed by atoms with Crippen LogP contribution >= 0.6 is 0 Å². The number of hydrogen-bond acceptors (Lipinski definition) is 5. The van der Waals surface area contributed by atoms with Crippen molar-refractivity contribution in [3.05, 3.63) is 17.5 Å². The summed E-state index contributed by atoms with van der Waals surface area (Å²) < 4.78 is 34.7. The fourth-order valence-corrected chi connectivity index (χ4v) is 1.20. The van der Waals surface area contributed by atoms with Gasteiger partial charge in [-0.1, -0.05) is 0 Å². The molecule has 0 aromatic carbocycles. The van der Waals surface area contributed by atoms with E-state index in [1.807, 2.05) is 0 Å². The van der Waals surface area contributed by atoms with Crippen LogP contribution in [-0.2, 0) is 4.74 Å². The van der Waals surface area contributed by atoms with Crippen LogP contribution in [0, 0.1) is 0 Å². The summed E-state index contributed by atoms with van der Waals surface area (Å²) in [6.45, 7) is 1.72. The van der Waals surface area contributed by atoms with Crippen molar-refractivity contribution in [3.8, 4) is 5.75 Å². The van der Waals surface area contributed by atoms with Crippen LogP contribution in [0.2, 0.25) is 0 Å². The molecule has 1 aromatic heterocycles. The van der Waals surface area contributed by atoms with Gasteiger partial charge >= 0.3 is 5.97 Å². The second-order valence-electron chi connectivity index (χ2n) is 3.03. The Hall–Kier alpha value is -1.92. The Morgan fingerprint density at radius 1 is 1.59 bits per heavy atom. The largest absolute Gasteiger partial charge is 0.494 e. The number of halogens is 2. The first-order valence-electron chi connectivity index (χ1n) is 4.80. The number of nitrogen functional groups attached to an aromatic ring is 1. The molecule has 0 spiro atoms. The van der Waals surface area contributed by atoms with Gasteiger partial charge in [-0.2, -0.15) is 0 Å². The van der Waals surface area contributed by atoms with E-state index in [9.17, 15) is 13.6 Å². The SMILES string of the molecule is CCOC(=O)c1cc(OC)c(N)c(C(F)F)n1. The van der Waals surface area contributed by atoms with Crippen molar-refractivity contribution in [2.24, 2.45) is 0 Å². The van der Waals surface area contributed by atoms with E-state index in [2.05, 4.69) is 9.72 Å². The molecule has 0 aliphatic rings. The van der Waals surface area contributed by atoms with Crippen LogP contribution in [0.15, 0.2) is 6.07 Å². The second kappa shape index (κ2) is 5.42. The Morgan fingerprint density at radius 2 is 2.24 bits per heavy atom. The van der Waals surface area contributed by atoms with Crippen molar-refractivity contribution in [1.82, 2.24) is 4.98 Å². The molecule has 5 nitrogen and oxygen atoms in total. The van der Waals surface area contributed by atoms with Gasteiger partial charge < -0.3 is 15.2 Å². The lowest BCUT2D eigenvalue weighted by molar-refractivity contribution is 0.0517. The molecule has 1 aromatic rings. The number of pyridine rings is 1. The van der Waals surface area contributed by atoms with E-state index in [0.29, 0.717) is 0 Å². The van der Waals surface area contributed by atoms with Crippen LogP contribution in [0.1, 0.15) is 29.5 Å². The predicted octanol–water partition coefficient (Wildman–Crippen LogP) is 1.79. The van der Waals surface area contributed by atoms with Crippen LogP contribution in [0.3, 0.4) is 0 Å². The summed E-state index contributed by atoms with van der Waals surface area (Å²) >= 11 is 0. The van der Waals surface area contributed by atoms with Crippen molar-refractivity contribution in [2.45, 2.75) is 13.3 Å². The molecule has 94 valence electrons. The van der Waals surface area contributed by atoms with E-state index in [-0.39, 0.29) is 23.7 Å². The molecule has 1 rings (SSSR count). The van der Waals surface area contributed by atoms with E-state index in [1.54, 1.807) is 6.92 Å². The Balaban J connectivity index is 3.25. The molecule has 0 atom stereocenters. The summed E-state index contributed by atoms with van der Waals surface area (Å²) in [5.41, 5.74) is 4.19. The number of nitrogens with two attached hydrogens (primary N) is 1. The molecule has 0 amide bonds. The van der Waals surface area contributed by atoms with Crippen molar-refractivity contribution in [3.63, 3.8) is 0 Å². The van der Waals surface area contributed by atoms with Gasteiger partial charge in [-0.25, -0.2) is 18.6 Å². The monoisotopic (exact) mass is 246 g/mol. The molecule has 0 saturated carbocycles. The Morgan fingerprint density at radius 3 is 2.71 bits per heavy atom. The Kier molecular flexibility index (Phi) is 4.19. The highest BCUT2D eigenvalue weighted by Gasteiger charge is 2.21. The number of carbonyl (C=O) groups is 1. The number of ether oxygens (including phenoxy) is 2. The third-order valence-corrected chi connectivity index (χ3v) is 1.96. The molecule has 7 heteroatoms. The van der Waals surface area contributed by atoms with Crippen molar-refractivity contribution in [1.29, 1.82) is 0 Å². The molecule has 0 fully saturated rings. The number of esters is 1. The zero-order valence-electron chi connectivity index (χ0n) is 9.37. The molecule has 17 heavy (non-hydrogen) atoms. The van der Waals surface area contributed by atoms with E-state index in [4.69, 9.17) is 10.5 Å². The lowest BCUT2D eigenvalue weighted by Gasteiger charge is -2.11. The number of carbonyl (C=O) groups excluding carboxylic acids is 1. The fourth-order valence-electron chi connectivity index (χ4n) is 1.20. The van der Waals surface area contributed by atoms with E-state index >= 15 is 0 Å². The number of nitrogens with zero attached hydrogens (tertiary/aromatic N) is 1. The van der Waals surface area contributed by atoms with Gasteiger partial charge in [0.25, 0.3) is 6.43 Å². The predicted molar refractivity (Wildman–Crippen MR) is 56.1 cm³/mol. The zero-order chi connectivity index (χ0) is 13.0. The molecule has 0 aliphatic heterocycles. The number of methoxy groups -OCH3 is 1. The van der Waals surface area contributed by atoms with E-state index in [1.165, 1.54) is 13.2 Å². The van der Waals surface area contributed by atoms with Gasteiger partial charge in [-0.15, -0.1) is 0 Å². The van der Waals surface area contributed by atoms with Gasteiger partial charge in [-0.05, 0) is 6.92 Å². The Bertz CT molecular complexity index is 424. The maximum atomic E-state index is 12.6. The van der Waals surface area contributed by atoms with Crippen LogP contribution in [0.4, 0.5) is 14.5 Å². The maximum Gasteiger partial charge on any atom is 0.357 e. The van der Waals surface area contributed by atoms with Crippen LogP contribution in [0.5, 0.6) is 5.75 Å². The molecular weight excluding hydrogens is 234 g/mol. The highest BCUT2D eigenvalue weighted by atomic mass is 19.3. The average molecular weight is 246 g/mol. The summed E-state index contributed by atoms with van der Waals surface area (Å²) in [4.78, 5) is 14.8. The number of alkyl halides is 2. The Labute approximate surface area is 96.5 Å². The molecule has 0 aliphatic carbocycles. The molecular formula is C10H12F2N2O3. The minimum Gasteiger partial charge on any atom is -0.494 e. The van der Waals surface area contributed by atoms with Crippen LogP contribution < -0.4 is 10.5 Å². The fraction of sp³-hybridized carbons (Fsp3) is 0.400. The van der Waals surface area contributed by atoms with Gasteiger partial charge in [0.2, 0.25) is 0 Å². The topological polar surface area (TPSA) is 74.4 Å². The second-order valence-corrected chi connectivity index (χ2v) is 3.03. The molecule has 2 N–H and O–H groups in total. The number of anilines is 1. The van der Waals surface area contributed by atoms with Crippen molar-refractivity contribution >= 4 is 11.7 Å². The zero-order valence-corrected chi connectivity index (χ0v) is 9.37. The third kappa shape index (κ3) is 2.80. The van der Waals surface area contributed by atoms with Gasteiger partial charge in [0.1, 0.15) is 17.1 Å². The van der Waals surface area contributed by atoms with Gasteiger partial charge in [-0.3, -0.25) is 0 Å². The van der Waals surface area contributed by atoms with E-state index < -0.39 is 18.1 Å². The average Bonchev–Trinajstić information content (AvgIpc) is 2.29. The lowest BCUT2D eigenvalue weighted by Crippen LogP contribution is -2.11. The molecule has 1 heterocycles. The van der Waals surface area contributed by atoms with Crippen molar-refractivity contribution in [2.75, 3.05) is 19.5 Å². The maximum absolute atomic E-state index is 12.6. The van der Waals surface area contributed by atoms with Gasteiger partial charge in [0, 0.05) is 6.07 Å². The first-order valence-corrected chi connectivity index (χ1v) is 4.80. The normalized spacial score (nSPS) is 10.4. The first kappa shape index (κ1) is 13.1. The number of hydrogen-bond donors (Lipinski definition) is 1. The number of rotatable bonds is 4. The molecule has 0 bridgehead atoms. The molecule has 0 radical (unpaired) electrons. The minimum absolute atomic E-state index is 0.0293. The summed E-state index contributed by atoms with van der Waals surface area (Å²) in [6, 6.07) is 1.17. The van der Waals surface area contributed by atoms with Gasteiger partial charge in [0.15, 0.2) is 5.69 Å². The quantitative estimate of drug-likeness (QED) is 0.820. The van der Waals surface area contributed by atoms with E-state index in [0.717, 1.165) is 0 Å². The smallest absolute Gasteiger partial charge is 0.357 e. The lowest BCUT2D eigenvalue weighted by atomic mass is 10.2. The van der Waals surface area contributed by atoms with Crippen LogP contribution in [-0.4, -0.2) is 24.7 Å². The van der Waals surface area contributed by atoms with Crippen LogP contribution in [0.25, 0.3) is 0 Å². The summed E-state index contributed by atoms with van der Waals surface area (Å²) in [6.07, 6.45) is -2.89. The highest BCUT2D eigenvalue weighted by Crippen LogP contribution is 2.31. The summed E-state index contributed by atoms with van der Waals surface area (Å²) in [5, 5.41) is 0. The third-order valence-electron chi connectivity index (χ3n) is 1.96. The minimum atomic E-state index is -2.89. The summed E-state index contributed by atoms with van der Waals surface area (Å²) in [5.74, 6) is -0.828. The standard InChI is InChI=1S/C10H12F2N2O3/c1-3-17-10(15)5-4-6(16-2)7(13)8(14-5)9(11)12/h4,9H,3,13H2,1-2H3. The molecule has 0 unspecified atom stereocenters. The summed E-state index contributed by atoms with van der Waals surface area (Å²) in [7, 11) is 1.26. The molecule has 0 saturated heterocycles. The van der Waals surface area contributed by atoms with Crippen molar-refractivity contribution < 1.29 is 23.0 Å². The number of aromatic nitrogens is 1. The first-order chi connectivity index (χ1) is 8.01. The highest BCUT2D eigenvalue weighted by molar-refractivity contribution is 5.88. The van der Waals surface area contributed by atoms with Gasteiger partial charge in [0.05, 0.1) is 13.7 Å².